The smallest absolute Gasteiger partial charge is 0.126 e. The van der Waals surface area contributed by atoms with Crippen LogP contribution in [0.5, 0.6) is 11.5 Å². The summed E-state index contributed by atoms with van der Waals surface area (Å²) < 4.78 is 10.8. The number of nitrogens with one attached hydrogen (secondary N) is 1. The molecule has 0 saturated heterocycles. The minimum Gasteiger partial charge on any atom is -0.496 e. The van der Waals surface area contributed by atoms with E-state index >= 15 is 0 Å². The predicted octanol–water partition coefficient (Wildman–Crippen LogP) is 2.96. The molecule has 0 aliphatic carbocycles. The lowest BCUT2D eigenvalue weighted by molar-refractivity contribution is 0.408. The van der Waals surface area contributed by atoms with Gasteiger partial charge in [-0.15, -0.1) is 0 Å². The Bertz CT molecular complexity index is 675. The zero-order valence-electron chi connectivity index (χ0n) is 12.4. The summed E-state index contributed by atoms with van der Waals surface area (Å²) in [5.41, 5.74) is 3.56. The van der Waals surface area contributed by atoms with Crippen LogP contribution in [0.3, 0.4) is 0 Å². The van der Waals surface area contributed by atoms with Crippen LogP contribution in [0.4, 0.5) is 0 Å². The molecule has 4 heteroatoms. The standard InChI is InChI=1S/C17H18N2O2/c1-19-11-14-9-13(5-7-16(14)20-2)15-8-12(10-18)4-6-17(15)21-3/h4-9,19H,11H2,1-3H3. The molecule has 0 heterocycles. The van der Waals surface area contributed by atoms with E-state index in [0.717, 1.165) is 28.2 Å². The van der Waals surface area contributed by atoms with Crippen LogP contribution in [-0.2, 0) is 6.54 Å². The Hall–Kier alpha value is -2.51. The summed E-state index contributed by atoms with van der Waals surface area (Å²) in [6, 6.07) is 13.5. The third-order valence-corrected chi connectivity index (χ3v) is 3.29. The van der Waals surface area contributed by atoms with Crippen molar-refractivity contribution >= 4 is 0 Å². The molecule has 0 fully saturated rings. The average Bonchev–Trinajstić information content (AvgIpc) is 2.54. The zero-order valence-corrected chi connectivity index (χ0v) is 12.4. The van der Waals surface area contributed by atoms with Gasteiger partial charge in [0.15, 0.2) is 0 Å². The van der Waals surface area contributed by atoms with Crippen LogP contribution in [0.15, 0.2) is 36.4 Å². The molecule has 0 bridgehead atoms. The Labute approximate surface area is 124 Å². The first kappa shape index (κ1) is 14.9. The van der Waals surface area contributed by atoms with E-state index in [0.29, 0.717) is 12.1 Å². The summed E-state index contributed by atoms with van der Waals surface area (Å²) >= 11 is 0. The minimum absolute atomic E-state index is 0.608. The molecule has 1 N–H and O–H groups in total. The van der Waals surface area contributed by atoms with Gasteiger partial charge in [-0.1, -0.05) is 6.07 Å². The summed E-state index contributed by atoms with van der Waals surface area (Å²) in [6.07, 6.45) is 0. The van der Waals surface area contributed by atoms with Gasteiger partial charge in [-0.25, -0.2) is 0 Å². The number of nitriles is 1. The SMILES string of the molecule is CNCc1cc(-c2cc(C#N)ccc2OC)ccc1OC. The first-order valence-corrected chi connectivity index (χ1v) is 6.63. The maximum Gasteiger partial charge on any atom is 0.126 e. The van der Waals surface area contributed by atoms with Crippen LogP contribution in [0, 0.1) is 11.3 Å². The number of hydrogen-bond donors (Lipinski definition) is 1. The molecule has 0 unspecified atom stereocenters. The predicted molar refractivity (Wildman–Crippen MR) is 82.5 cm³/mol. The van der Waals surface area contributed by atoms with E-state index in [1.54, 1.807) is 20.3 Å². The lowest BCUT2D eigenvalue weighted by Gasteiger charge is -2.13. The molecule has 0 aliphatic heterocycles. The Morgan fingerprint density at radius 3 is 2.38 bits per heavy atom. The van der Waals surface area contributed by atoms with Gasteiger partial charge < -0.3 is 14.8 Å². The summed E-state index contributed by atoms with van der Waals surface area (Å²) in [5, 5.41) is 12.2. The molecule has 0 aromatic heterocycles. The monoisotopic (exact) mass is 282 g/mol. The molecule has 2 rings (SSSR count). The molecular formula is C17H18N2O2. The summed E-state index contributed by atoms with van der Waals surface area (Å²) in [6.45, 7) is 0.706. The van der Waals surface area contributed by atoms with Gasteiger partial charge in [-0.3, -0.25) is 0 Å². The number of nitrogens with zero attached hydrogens (tertiary/aromatic N) is 1. The van der Waals surface area contributed by atoms with E-state index < -0.39 is 0 Å². The number of ether oxygens (including phenoxy) is 2. The van der Waals surface area contributed by atoms with Gasteiger partial charge in [0.1, 0.15) is 11.5 Å². The van der Waals surface area contributed by atoms with Crippen LogP contribution in [-0.4, -0.2) is 21.3 Å². The highest BCUT2D eigenvalue weighted by Crippen LogP contribution is 2.33. The van der Waals surface area contributed by atoms with Gasteiger partial charge >= 0.3 is 0 Å². The minimum atomic E-state index is 0.608. The fourth-order valence-electron chi connectivity index (χ4n) is 2.28. The highest BCUT2D eigenvalue weighted by Gasteiger charge is 2.10. The van der Waals surface area contributed by atoms with Crippen molar-refractivity contribution in [2.45, 2.75) is 6.54 Å². The van der Waals surface area contributed by atoms with Crippen molar-refractivity contribution in [2.75, 3.05) is 21.3 Å². The summed E-state index contributed by atoms with van der Waals surface area (Å²) in [5.74, 6) is 1.58. The number of benzene rings is 2. The molecule has 2 aromatic carbocycles. The first-order valence-electron chi connectivity index (χ1n) is 6.63. The van der Waals surface area contributed by atoms with E-state index in [1.807, 2.05) is 37.4 Å². The van der Waals surface area contributed by atoms with Crippen LogP contribution in [0.1, 0.15) is 11.1 Å². The van der Waals surface area contributed by atoms with E-state index in [-0.39, 0.29) is 0 Å². The third kappa shape index (κ3) is 3.15. The molecule has 0 saturated carbocycles. The second kappa shape index (κ2) is 6.78. The highest BCUT2D eigenvalue weighted by atomic mass is 16.5. The maximum atomic E-state index is 9.07. The van der Waals surface area contributed by atoms with Gasteiger partial charge in [-0.05, 0) is 42.9 Å². The number of methoxy groups -OCH3 is 2. The summed E-state index contributed by atoms with van der Waals surface area (Å²) in [4.78, 5) is 0. The molecule has 0 amide bonds. The second-order valence-electron chi connectivity index (χ2n) is 4.58. The third-order valence-electron chi connectivity index (χ3n) is 3.29. The lowest BCUT2D eigenvalue weighted by atomic mass is 9.99. The molecule has 108 valence electrons. The molecule has 4 nitrogen and oxygen atoms in total. The van der Waals surface area contributed by atoms with E-state index in [4.69, 9.17) is 14.7 Å². The fraction of sp³-hybridized carbons (Fsp3) is 0.235. The van der Waals surface area contributed by atoms with E-state index in [2.05, 4.69) is 11.4 Å². The van der Waals surface area contributed by atoms with Crippen molar-refractivity contribution in [1.29, 1.82) is 5.26 Å². The molecular weight excluding hydrogens is 264 g/mol. The van der Waals surface area contributed by atoms with Crippen LogP contribution in [0.25, 0.3) is 11.1 Å². The molecule has 0 radical (unpaired) electrons. The molecule has 0 spiro atoms. The van der Waals surface area contributed by atoms with Crippen molar-refractivity contribution in [2.24, 2.45) is 0 Å². The molecule has 0 aliphatic rings. The zero-order chi connectivity index (χ0) is 15.2. The Kier molecular flexibility index (Phi) is 4.81. The van der Waals surface area contributed by atoms with Crippen molar-refractivity contribution in [3.8, 4) is 28.7 Å². The molecule has 0 atom stereocenters. The number of hydrogen-bond acceptors (Lipinski definition) is 4. The van der Waals surface area contributed by atoms with Gasteiger partial charge in [0.25, 0.3) is 0 Å². The van der Waals surface area contributed by atoms with Crippen LogP contribution < -0.4 is 14.8 Å². The first-order chi connectivity index (χ1) is 10.2. The Morgan fingerprint density at radius 1 is 1.05 bits per heavy atom. The van der Waals surface area contributed by atoms with E-state index in [1.165, 1.54) is 0 Å². The van der Waals surface area contributed by atoms with Crippen molar-refractivity contribution in [1.82, 2.24) is 5.32 Å². The Balaban J connectivity index is 2.56. The normalized spacial score (nSPS) is 10.0. The van der Waals surface area contributed by atoms with Crippen LogP contribution in [0.2, 0.25) is 0 Å². The van der Waals surface area contributed by atoms with Gasteiger partial charge in [0.05, 0.1) is 25.9 Å². The lowest BCUT2D eigenvalue weighted by Crippen LogP contribution is -2.06. The second-order valence-corrected chi connectivity index (χ2v) is 4.58. The average molecular weight is 282 g/mol. The van der Waals surface area contributed by atoms with Crippen molar-refractivity contribution in [3.05, 3.63) is 47.5 Å². The molecule has 2 aromatic rings. The quantitative estimate of drug-likeness (QED) is 0.916. The maximum absolute atomic E-state index is 9.07. The van der Waals surface area contributed by atoms with Crippen molar-refractivity contribution < 1.29 is 9.47 Å². The van der Waals surface area contributed by atoms with Gasteiger partial charge in [0.2, 0.25) is 0 Å². The molecule has 21 heavy (non-hydrogen) atoms. The largest absolute Gasteiger partial charge is 0.496 e. The summed E-state index contributed by atoms with van der Waals surface area (Å²) in [7, 11) is 5.18. The van der Waals surface area contributed by atoms with Crippen LogP contribution >= 0.6 is 0 Å². The van der Waals surface area contributed by atoms with Gasteiger partial charge in [-0.2, -0.15) is 5.26 Å². The topological polar surface area (TPSA) is 54.3 Å². The Morgan fingerprint density at radius 2 is 1.76 bits per heavy atom. The van der Waals surface area contributed by atoms with E-state index in [9.17, 15) is 0 Å². The highest BCUT2D eigenvalue weighted by molar-refractivity contribution is 5.73. The van der Waals surface area contributed by atoms with Crippen molar-refractivity contribution in [3.63, 3.8) is 0 Å². The fourth-order valence-corrected chi connectivity index (χ4v) is 2.28. The van der Waals surface area contributed by atoms with Gasteiger partial charge in [0, 0.05) is 17.7 Å². The number of rotatable bonds is 5.